The summed E-state index contributed by atoms with van der Waals surface area (Å²) in [6.07, 6.45) is 0. The van der Waals surface area contributed by atoms with E-state index in [4.69, 9.17) is 5.73 Å². The molecule has 1 aliphatic rings. The number of hydrogen-bond acceptors (Lipinski definition) is 3. The number of benzene rings is 1. The number of likely N-dealkylation sites (N-methyl/N-ethyl adjacent to an activating group) is 1. The Balaban J connectivity index is 0.000000741. The highest BCUT2D eigenvalue weighted by atomic mass is 15.2. The predicted octanol–water partition coefficient (Wildman–Crippen LogP) is 3.96. The largest absolute Gasteiger partial charge is 0.397 e. The fraction of sp³-hybridized carbons (Fsp3) is 0.625. The first kappa shape index (κ1) is 17.8. The van der Waals surface area contributed by atoms with Crippen molar-refractivity contribution in [3.8, 4) is 0 Å². The van der Waals surface area contributed by atoms with Crippen LogP contribution in [0.3, 0.4) is 0 Å². The Labute approximate surface area is 119 Å². The van der Waals surface area contributed by atoms with Crippen LogP contribution in [-0.2, 0) is 6.54 Å². The number of nitrogens with zero attached hydrogens (tertiary/aromatic N) is 1. The fourth-order valence-corrected chi connectivity index (χ4v) is 2.07. The first-order valence-electron chi connectivity index (χ1n) is 7.43. The van der Waals surface area contributed by atoms with E-state index in [2.05, 4.69) is 37.2 Å². The zero-order chi connectivity index (χ0) is 15.0. The maximum atomic E-state index is 5.98. The molecule has 19 heavy (non-hydrogen) atoms. The number of hydrogen-bond donors (Lipinski definition) is 2. The van der Waals surface area contributed by atoms with E-state index < -0.39 is 0 Å². The minimum absolute atomic E-state index is 0.418. The molecule has 3 nitrogen and oxygen atoms in total. The standard InChI is InChI=1S/C12H19N3.2C2H6/c1-8-9(2)15(3)7-10-5-4-6-11(13)12(10)14-8;2*1-2/h4-6,8-9,14H,7,13H2,1-3H3;2*1-2H3. The third kappa shape index (κ3) is 4.43. The Morgan fingerprint density at radius 1 is 1.16 bits per heavy atom. The van der Waals surface area contributed by atoms with Crippen LogP contribution >= 0.6 is 0 Å². The molecule has 1 aliphatic heterocycles. The number of nitrogen functional groups attached to an aromatic ring is 1. The van der Waals surface area contributed by atoms with E-state index in [0.717, 1.165) is 17.9 Å². The Morgan fingerprint density at radius 3 is 2.32 bits per heavy atom. The Hall–Kier alpha value is -1.22. The average Bonchev–Trinajstić information content (AvgIpc) is 2.55. The number of fused-ring (bicyclic) bond motifs is 1. The van der Waals surface area contributed by atoms with Crippen molar-refractivity contribution in [2.75, 3.05) is 18.1 Å². The monoisotopic (exact) mass is 265 g/mol. The van der Waals surface area contributed by atoms with Gasteiger partial charge in [0.2, 0.25) is 0 Å². The zero-order valence-corrected chi connectivity index (χ0v) is 13.6. The zero-order valence-electron chi connectivity index (χ0n) is 13.6. The third-order valence-corrected chi connectivity index (χ3v) is 3.39. The van der Waals surface area contributed by atoms with Gasteiger partial charge in [-0.05, 0) is 32.5 Å². The molecule has 0 saturated heterocycles. The number of para-hydroxylation sites is 1. The second kappa shape index (κ2) is 8.81. The lowest BCUT2D eigenvalue weighted by molar-refractivity contribution is 0.238. The molecule has 1 heterocycles. The molecule has 1 aromatic carbocycles. The predicted molar refractivity (Wildman–Crippen MR) is 87.6 cm³/mol. The molecule has 0 bridgehead atoms. The second-order valence-corrected chi connectivity index (χ2v) is 4.47. The van der Waals surface area contributed by atoms with Gasteiger partial charge >= 0.3 is 0 Å². The number of nitrogens with one attached hydrogen (secondary N) is 1. The van der Waals surface area contributed by atoms with Crippen molar-refractivity contribution in [3.63, 3.8) is 0 Å². The highest BCUT2D eigenvalue weighted by Crippen LogP contribution is 2.29. The molecule has 0 amide bonds. The van der Waals surface area contributed by atoms with Crippen LogP contribution in [-0.4, -0.2) is 24.0 Å². The normalized spacial score (nSPS) is 21.6. The molecule has 0 aromatic heterocycles. The summed E-state index contributed by atoms with van der Waals surface area (Å²) >= 11 is 0. The number of rotatable bonds is 0. The van der Waals surface area contributed by atoms with Crippen LogP contribution in [0.1, 0.15) is 47.1 Å². The molecule has 0 saturated carbocycles. The van der Waals surface area contributed by atoms with Gasteiger partial charge in [-0.1, -0.05) is 39.8 Å². The molecule has 1 aromatic rings. The molecular weight excluding hydrogens is 234 g/mol. The van der Waals surface area contributed by atoms with Crippen molar-refractivity contribution < 1.29 is 0 Å². The van der Waals surface area contributed by atoms with Gasteiger partial charge in [-0.3, -0.25) is 4.90 Å². The Bertz CT molecular complexity index is 363. The highest BCUT2D eigenvalue weighted by Gasteiger charge is 2.23. The molecule has 2 unspecified atom stereocenters. The van der Waals surface area contributed by atoms with E-state index >= 15 is 0 Å². The van der Waals surface area contributed by atoms with Gasteiger partial charge in [0.25, 0.3) is 0 Å². The lowest BCUT2D eigenvalue weighted by Gasteiger charge is -2.26. The van der Waals surface area contributed by atoms with Crippen molar-refractivity contribution in [3.05, 3.63) is 23.8 Å². The van der Waals surface area contributed by atoms with E-state index in [1.54, 1.807) is 0 Å². The van der Waals surface area contributed by atoms with Gasteiger partial charge in [-0.2, -0.15) is 0 Å². The van der Waals surface area contributed by atoms with Crippen LogP contribution in [0.25, 0.3) is 0 Å². The summed E-state index contributed by atoms with van der Waals surface area (Å²) in [6.45, 7) is 13.4. The van der Waals surface area contributed by atoms with Gasteiger partial charge in [0.05, 0.1) is 11.4 Å². The maximum Gasteiger partial charge on any atom is 0.0622 e. The topological polar surface area (TPSA) is 41.3 Å². The van der Waals surface area contributed by atoms with Crippen LogP contribution in [0.4, 0.5) is 11.4 Å². The molecule has 0 spiro atoms. The van der Waals surface area contributed by atoms with Crippen LogP contribution in [0, 0.1) is 0 Å². The van der Waals surface area contributed by atoms with Gasteiger partial charge in [-0.25, -0.2) is 0 Å². The Kier molecular flexibility index (Phi) is 8.24. The molecule has 0 radical (unpaired) electrons. The second-order valence-electron chi connectivity index (χ2n) is 4.47. The van der Waals surface area contributed by atoms with E-state index in [1.165, 1.54) is 5.56 Å². The van der Waals surface area contributed by atoms with Crippen molar-refractivity contribution in [2.45, 2.75) is 60.2 Å². The molecule has 3 heteroatoms. The van der Waals surface area contributed by atoms with E-state index in [1.807, 2.05) is 39.8 Å². The van der Waals surface area contributed by atoms with Crippen LogP contribution in [0.15, 0.2) is 18.2 Å². The molecular formula is C16H31N3. The van der Waals surface area contributed by atoms with E-state index in [9.17, 15) is 0 Å². The van der Waals surface area contributed by atoms with Crippen molar-refractivity contribution in [1.82, 2.24) is 4.90 Å². The average molecular weight is 265 g/mol. The summed E-state index contributed by atoms with van der Waals surface area (Å²) in [5, 5.41) is 3.50. The van der Waals surface area contributed by atoms with E-state index in [0.29, 0.717) is 12.1 Å². The lowest BCUT2D eigenvalue weighted by Crippen LogP contribution is -2.38. The minimum Gasteiger partial charge on any atom is -0.397 e. The summed E-state index contributed by atoms with van der Waals surface area (Å²) in [5.41, 5.74) is 9.23. The summed E-state index contributed by atoms with van der Waals surface area (Å²) in [5.74, 6) is 0. The number of anilines is 2. The van der Waals surface area contributed by atoms with Gasteiger partial charge in [-0.15, -0.1) is 0 Å². The van der Waals surface area contributed by atoms with Gasteiger partial charge in [0.1, 0.15) is 0 Å². The van der Waals surface area contributed by atoms with Crippen molar-refractivity contribution >= 4 is 11.4 Å². The first-order chi connectivity index (χ1) is 9.09. The first-order valence-corrected chi connectivity index (χ1v) is 7.43. The van der Waals surface area contributed by atoms with Crippen LogP contribution in [0.2, 0.25) is 0 Å². The molecule has 3 N–H and O–H groups in total. The van der Waals surface area contributed by atoms with Gasteiger partial charge in [0, 0.05) is 18.6 Å². The maximum absolute atomic E-state index is 5.98. The van der Waals surface area contributed by atoms with Gasteiger partial charge in [0.15, 0.2) is 0 Å². The van der Waals surface area contributed by atoms with Crippen molar-refractivity contribution in [2.24, 2.45) is 0 Å². The molecule has 2 atom stereocenters. The number of nitrogens with two attached hydrogens (primary N) is 1. The highest BCUT2D eigenvalue weighted by molar-refractivity contribution is 5.71. The van der Waals surface area contributed by atoms with E-state index in [-0.39, 0.29) is 0 Å². The summed E-state index contributed by atoms with van der Waals surface area (Å²) in [6, 6.07) is 7.04. The fourth-order valence-electron chi connectivity index (χ4n) is 2.07. The summed E-state index contributed by atoms with van der Waals surface area (Å²) < 4.78 is 0. The molecule has 0 fully saturated rings. The van der Waals surface area contributed by atoms with Gasteiger partial charge < -0.3 is 11.1 Å². The molecule has 2 rings (SSSR count). The Morgan fingerprint density at radius 2 is 1.74 bits per heavy atom. The SMILES string of the molecule is CC.CC.CC1Nc2c(N)cccc2CN(C)C1C. The van der Waals surface area contributed by atoms with Crippen molar-refractivity contribution in [1.29, 1.82) is 0 Å². The van der Waals surface area contributed by atoms with Crippen LogP contribution in [0.5, 0.6) is 0 Å². The smallest absolute Gasteiger partial charge is 0.0622 e. The van der Waals surface area contributed by atoms with Crippen LogP contribution < -0.4 is 11.1 Å². The molecule has 0 aliphatic carbocycles. The quantitative estimate of drug-likeness (QED) is 0.698. The lowest BCUT2D eigenvalue weighted by atomic mass is 10.1. The molecule has 110 valence electrons. The minimum atomic E-state index is 0.418. The summed E-state index contributed by atoms with van der Waals surface area (Å²) in [4.78, 5) is 2.35. The summed E-state index contributed by atoms with van der Waals surface area (Å²) in [7, 11) is 2.15. The third-order valence-electron chi connectivity index (χ3n) is 3.39.